The second-order valence-corrected chi connectivity index (χ2v) is 7.59. The van der Waals surface area contributed by atoms with Gasteiger partial charge in [-0.15, -0.1) is 22.7 Å². The number of thiophene rings is 1. The van der Waals surface area contributed by atoms with Gasteiger partial charge < -0.3 is 5.32 Å². The molecule has 0 spiro atoms. The normalized spacial score (nSPS) is 10.8. The molecule has 3 heterocycles. The molecule has 1 aromatic carbocycles. The molecule has 130 valence electrons. The molecule has 0 saturated heterocycles. The Hall–Kier alpha value is -2.55. The lowest BCUT2D eigenvalue weighted by molar-refractivity contribution is -0.115. The summed E-state index contributed by atoms with van der Waals surface area (Å²) in [6.07, 6.45) is 3.18. The Kier molecular flexibility index (Phi) is 4.79. The van der Waals surface area contributed by atoms with E-state index in [0.717, 1.165) is 15.6 Å². The summed E-state index contributed by atoms with van der Waals surface area (Å²) in [4.78, 5) is 22.1. The lowest BCUT2D eigenvalue weighted by Gasteiger charge is -2.11. The Morgan fingerprint density at radius 1 is 1.27 bits per heavy atom. The number of thiazole rings is 1. The number of hydrogen-bond donors (Lipinski definition) is 1. The fraction of sp³-hybridized carbons (Fsp3) is 0.0588. The minimum Gasteiger partial charge on any atom is -0.324 e. The van der Waals surface area contributed by atoms with E-state index in [4.69, 9.17) is 11.6 Å². The van der Waals surface area contributed by atoms with Gasteiger partial charge in [-0.25, -0.2) is 14.6 Å². The van der Waals surface area contributed by atoms with E-state index in [1.165, 1.54) is 17.7 Å². The van der Waals surface area contributed by atoms with Crippen LogP contribution in [-0.4, -0.2) is 25.7 Å². The summed E-state index contributed by atoms with van der Waals surface area (Å²) in [7, 11) is 0. The number of carbonyl (C=O) groups is 1. The van der Waals surface area contributed by atoms with Gasteiger partial charge in [0.05, 0.1) is 28.4 Å². The Balaban J connectivity index is 1.51. The van der Waals surface area contributed by atoms with Crippen molar-refractivity contribution in [2.45, 2.75) is 6.42 Å². The molecule has 0 aliphatic carbocycles. The van der Waals surface area contributed by atoms with E-state index in [2.05, 4.69) is 20.4 Å². The van der Waals surface area contributed by atoms with Crippen LogP contribution in [-0.2, 0) is 11.2 Å². The van der Waals surface area contributed by atoms with E-state index < -0.39 is 0 Å². The third-order valence-corrected chi connectivity index (χ3v) is 5.69. The molecule has 3 aromatic heterocycles. The van der Waals surface area contributed by atoms with Gasteiger partial charge in [0.25, 0.3) is 0 Å². The van der Waals surface area contributed by atoms with E-state index in [1.54, 1.807) is 40.5 Å². The van der Waals surface area contributed by atoms with Crippen LogP contribution in [0.4, 0.5) is 5.69 Å². The maximum Gasteiger partial charge on any atom is 0.230 e. The number of hydrogen-bond acceptors (Lipinski definition) is 6. The number of rotatable bonds is 5. The van der Waals surface area contributed by atoms with E-state index >= 15 is 0 Å². The lowest BCUT2D eigenvalue weighted by atomic mass is 10.2. The van der Waals surface area contributed by atoms with Gasteiger partial charge in [-0.3, -0.25) is 4.79 Å². The van der Waals surface area contributed by atoms with Crippen LogP contribution in [0, 0.1) is 0 Å². The molecule has 0 atom stereocenters. The number of carbonyl (C=O) groups excluding carboxylic acids is 1. The van der Waals surface area contributed by atoms with Crippen LogP contribution in [0.1, 0.15) is 5.69 Å². The van der Waals surface area contributed by atoms with Crippen LogP contribution >= 0.6 is 34.3 Å². The Morgan fingerprint density at radius 3 is 2.96 bits per heavy atom. The van der Waals surface area contributed by atoms with Crippen molar-refractivity contribution in [1.29, 1.82) is 0 Å². The number of amides is 1. The average Bonchev–Trinajstić information content (AvgIpc) is 3.37. The van der Waals surface area contributed by atoms with Crippen LogP contribution in [0.3, 0.4) is 0 Å². The van der Waals surface area contributed by atoms with Crippen LogP contribution in [0.25, 0.3) is 15.6 Å². The molecule has 4 rings (SSSR count). The van der Waals surface area contributed by atoms with Gasteiger partial charge in [0, 0.05) is 10.4 Å². The Labute approximate surface area is 162 Å². The van der Waals surface area contributed by atoms with Gasteiger partial charge in [0.1, 0.15) is 17.7 Å². The SMILES string of the molecule is O=C(Cc1csc(-c2cccs2)n1)Nc1cc(Cl)ccc1-n1cncn1. The zero-order chi connectivity index (χ0) is 17.9. The average molecular weight is 402 g/mol. The quantitative estimate of drug-likeness (QED) is 0.541. The van der Waals surface area contributed by atoms with Gasteiger partial charge >= 0.3 is 0 Å². The first-order valence-electron chi connectivity index (χ1n) is 7.62. The summed E-state index contributed by atoms with van der Waals surface area (Å²) >= 11 is 9.24. The zero-order valence-corrected chi connectivity index (χ0v) is 15.7. The first-order chi connectivity index (χ1) is 12.7. The lowest BCUT2D eigenvalue weighted by Crippen LogP contribution is -2.16. The van der Waals surface area contributed by atoms with Gasteiger partial charge in [0.2, 0.25) is 5.91 Å². The molecule has 0 aliphatic heterocycles. The fourth-order valence-electron chi connectivity index (χ4n) is 2.40. The standard InChI is InChI=1S/C17H12ClN5OS2/c18-11-3-4-14(23-10-19-9-20-23)13(6-11)22-16(24)7-12-8-26-17(21-12)15-2-1-5-25-15/h1-6,8-10H,7H2,(H,22,24). The van der Waals surface area contributed by atoms with Crippen LogP contribution in [0.5, 0.6) is 0 Å². The maximum atomic E-state index is 12.5. The highest BCUT2D eigenvalue weighted by molar-refractivity contribution is 7.20. The number of anilines is 1. The van der Waals surface area contributed by atoms with Crippen molar-refractivity contribution in [3.63, 3.8) is 0 Å². The summed E-state index contributed by atoms with van der Waals surface area (Å²) in [6, 6.07) is 9.21. The topological polar surface area (TPSA) is 72.7 Å². The first kappa shape index (κ1) is 16.9. The van der Waals surface area contributed by atoms with Crippen LogP contribution in [0.15, 0.2) is 53.7 Å². The summed E-state index contributed by atoms with van der Waals surface area (Å²) in [6.45, 7) is 0. The second-order valence-electron chi connectivity index (χ2n) is 5.35. The second kappa shape index (κ2) is 7.36. The molecule has 4 aromatic rings. The molecule has 1 amide bonds. The number of aromatic nitrogens is 4. The summed E-state index contributed by atoms with van der Waals surface area (Å²) in [5.41, 5.74) is 2.00. The molecule has 26 heavy (non-hydrogen) atoms. The minimum absolute atomic E-state index is 0.170. The van der Waals surface area contributed by atoms with Crippen molar-refractivity contribution in [3.8, 4) is 15.6 Å². The zero-order valence-electron chi connectivity index (χ0n) is 13.3. The summed E-state index contributed by atoms with van der Waals surface area (Å²) in [5.74, 6) is -0.170. The van der Waals surface area contributed by atoms with E-state index in [1.807, 2.05) is 22.9 Å². The van der Waals surface area contributed by atoms with Crippen LogP contribution < -0.4 is 5.32 Å². The summed E-state index contributed by atoms with van der Waals surface area (Å²) < 4.78 is 1.57. The number of nitrogens with one attached hydrogen (secondary N) is 1. The molecule has 0 bridgehead atoms. The van der Waals surface area contributed by atoms with Crippen molar-refractivity contribution >= 4 is 45.9 Å². The molecule has 1 N–H and O–H groups in total. The number of benzene rings is 1. The monoisotopic (exact) mass is 401 g/mol. The molecule has 0 aliphatic rings. The number of nitrogens with zero attached hydrogens (tertiary/aromatic N) is 4. The molecule has 0 saturated carbocycles. The van der Waals surface area contributed by atoms with E-state index in [0.29, 0.717) is 16.4 Å². The van der Waals surface area contributed by atoms with E-state index in [-0.39, 0.29) is 12.3 Å². The van der Waals surface area contributed by atoms with Gasteiger partial charge in [-0.1, -0.05) is 17.7 Å². The Bertz CT molecular complexity index is 1030. The van der Waals surface area contributed by atoms with Crippen molar-refractivity contribution in [2.75, 3.05) is 5.32 Å². The molecule has 9 heteroatoms. The first-order valence-corrected chi connectivity index (χ1v) is 9.75. The van der Waals surface area contributed by atoms with Gasteiger partial charge in [0.15, 0.2) is 0 Å². The smallest absolute Gasteiger partial charge is 0.230 e. The highest BCUT2D eigenvalue weighted by Gasteiger charge is 2.13. The highest BCUT2D eigenvalue weighted by Crippen LogP contribution is 2.28. The molecular weight excluding hydrogens is 390 g/mol. The molecule has 6 nitrogen and oxygen atoms in total. The van der Waals surface area contributed by atoms with Gasteiger partial charge in [-0.05, 0) is 29.6 Å². The molecule has 0 unspecified atom stereocenters. The number of halogens is 1. The van der Waals surface area contributed by atoms with Crippen LogP contribution in [0.2, 0.25) is 5.02 Å². The molecule has 0 radical (unpaired) electrons. The third kappa shape index (κ3) is 3.67. The predicted octanol–water partition coefficient (Wildman–Crippen LogP) is 4.29. The van der Waals surface area contributed by atoms with Crippen molar-refractivity contribution in [2.24, 2.45) is 0 Å². The molecular formula is C17H12ClN5OS2. The largest absolute Gasteiger partial charge is 0.324 e. The molecule has 0 fully saturated rings. The van der Waals surface area contributed by atoms with Gasteiger partial charge in [-0.2, -0.15) is 5.10 Å². The Morgan fingerprint density at radius 2 is 2.19 bits per heavy atom. The van der Waals surface area contributed by atoms with Crippen molar-refractivity contribution in [3.05, 3.63) is 64.5 Å². The third-order valence-electron chi connectivity index (χ3n) is 3.52. The van der Waals surface area contributed by atoms with E-state index in [9.17, 15) is 4.79 Å². The van der Waals surface area contributed by atoms with Crippen molar-refractivity contribution < 1.29 is 4.79 Å². The van der Waals surface area contributed by atoms with Crippen molar-refractivity contribution in [1.82, 2.24) is 19.7 Å². The minimum atomic E-state index is -0.170. The highest BCUT2D eigenvalue weighted by atomic mass is 35.5. The predicted molar refractivity (Wildman–Crippen MR) is 104 cm³/mol. The fourth-order valence-corrected chi connectivity index (χ4v) is 4.21. The summed E-state index contributed by atoms with van der Waals surface area (Å²) in [5, 5.41) is 12.4. The maximum absolute atomic E-state index is 12.5.